The number of rotatable bonds is 5. The summed E-state index contributed by atoms with van der Waals surface area (Å²) in [6.07, 6.45) is -0.00276. The number of aliphatic carboxylic acids is 1. The molecule has 0 radical (unpaired) electrons. The van der Waals surface area contributed by atoms with E-state index in [1.807, 2.05) is 37.3 Å². The third-order valence-electron chi connectivity index (χ3n) is 3.64. The summed E-state index contributed by atoms with van der Waals surface area (Å²) in [5, 5.41) is 10.3. The van der Waals surface area contributed by atoms with Crippen LogP contribution in [0.5, 0.6) is 0 Å². The number of halogens is 3. The lowest BCUT2D eigenvalue weighted by molar-refractivity contribution is -0.137. The first-order valence-electron chi connectivity index (χ1n) is 6.90. The highest BCUT2D eigenvalue weighted by Crippen LogP contribution is 2.33. The van der Waals surface area contributed by atoms with E-state index in [1.165, 1.54) is 0 Å². The van der Waals surface area contributed by atoms with E-state index in [-0.39, 0.29) is 31.3 Å². The molecule has 0 fully saturated rings. The molecule has 124 valence electrons. The van der Waals surface area contributed by atoms with Crippen LogP contribution in [-0.4, -0.2) is 17.6 Å². The van der Waals surface area contributed by atoms with E-state index in [0.717, 1.165) is 22.3 Å². The van der Waals surface area contributed by atoms with Crippen molar-refractivity contribution in [3.8, 4) is 11.1 Å². The minimum absolute atomic E-state index is 0. The molecular formula is C17H18Cl3NO2. The van der Waals surface area contributed by atoms with Gasteiger partial charge in [0, 0.05) is 21.5 Å². The number of carboxylic acid groups (broad SMARTS) is 1. The molecule has 0 aliphatic rings. The Morgan fingerprint density at radius 1 is 1.17 bits per heavy atom. The maximum absolute atomic E-state index is 10.9. The molecule has 2 rings (SSSR count). The molecule has 0 aliphatic carbocycles. The minimum atomic E-state index is -0.866. The maximum Gasteiger partial charge on any atom is 0.304 e. The monoisotopic (exact) mass is 373 g/mol. The van der Waals surface area contributed by atoms with Crippen molar-refractivity contribution in [3.63, 3.8) is 0 Å². The van der Waals surface area contributed by atoms with Crippen LogP contribution < -0.4 is 5.73 Å². The van der Waals surface area contributed by atoms with Crippen LogP contribution in [0, 0.1) is 6.92 Å². The fraction of sp³-hybridized carbons (Fsp3) is 0.235. The molecule has 0 spiro atoms. The summed E-state index contributed by atoms with van der Waals surface area (Å²) in [5.74, 6) is -1.10. The van der Waals surface area contributed by atoms with Crippen molar-refractivity contribution in [1.82, 2.24) is 0 Å². The lowest BCUT2D eigenvalue weighted by atomic mass is 9.92. The number of carboxylic acids is 1. The van der Waals surface area contributed by atoms with Gasteiger partial charge in [-0.1, -0.05) is 35.3 Å². The van der Waals surface area contributed by atoms with E-state index in [2.05, 4.69) is 0 Å². The van der Waals surface area contributed by atoms with Gasteiger partial charge in [0.25, 0.3) is 0 Å². The maximum atomic E-state index is 10.9. The van der Waals surface area contributed by atoms with Crippen molar-refractivity contribution in [2.45, 2.75) is 19.3 Å². The van der Waals surface area contributed by atoms with Crippen LogP contribution in [0.4, 0.5) is 0 Å². The summed E-state index contributed by atoms with van der Waals surface area (Å²) in [5.41, 5.74) is 9.34. The number of nitrogens with two attached hydrogens (primary N) is 1. The number of benzene rings is 2. The van der Waals surface area contributed by atoms with E-state index in [4.69, 9.17) is 34.0 Å². The molecule has 6 heteroatoms. The highest BCUT2D eigenvalue weighted by Gasteiger charge is 2.16. The Balaban J connectivity index is 0.00000264. The number of carbonyl (C=O) groups is 1. The molecule has 23 heavy (non-hydrogen) atoms. The van der Waals surface area contributed by atoms with Gasteiger partial charge in [-0.2, -0.15) is 0 Å². The van der Waals surface area contributed by atoms with Crippen LogP contribution in [0.1, 0.15) is 23.5 Å². The smallest absolute Gasteiger partial charge is 0.304 e. The zero-order valence-electron chi connectivity index (χ0n) is 12.6. The van der Waals surface area contributed by atoms with E-state index >= 15 is 0 Å². The molecule has 0 unspecified atom stereocenters. The van der Waals surface area contributed by atoms with Crippen LogP contribution in [-0.2, 0) is 4.79 Å². The van der Waals surface area contributed by atoms with Gasteiger partial charge in [0.15, 0.2) is 0 Å². The summed E-state index contributed by atoms with van der Waals surface area (Å²) < 4.78 is 0. The van der Waals surface area contributed by atoms with Gasteiger partial charge in [0.1, 0.15) is 0 Å². The fourth-order valence-electron chi connectivity index (χ4n) is 2.38. The summed E-state index contributed by atoms with van der Waals surface area (Å²) in [4.78, 5) is 10.9. The van der Waals surface area contributed by atoms with Crippen molar-refractivity contribution in [1.29, 1.82) is 0 Å². The third-order valence-corrected chi connectivity index (χ3v) is 4.39. The molecule has 0 heterocycles. The molecule has 0 saturated heterocycles. The lowest BCUT2D eigenvalue weighted by Gasteiger charge is -2.15. The molecule has 0 aliphatic heterocycles. The van der Waals surface area contributed by atoms with Crippen LogP contribution in [0.2, 0.25) is 10.0 Å². The number of aryl methyl sites for hydroxylation is 1. The van der Waals surface area contributed by atoms with Gasteiger partial charge < -0.3 is 10.8 Å². The molecule has 2 aromatic rings. The lowest BCUT2D eigenvalue weighted by Crippen LogP contribution is -2.16. The third kappa shape index (κ3) is 4.85. The molecule has 1 atom stereocenters. The van der Waals surface area contributed by atoms with E-state index in [9.17, 15) is 4.79 Å². The van der Waals surface area contributed by atoms with Crippen molar-refractivity contribution in [2.24, 2.45) is 5.73 Å². The molecule has 2 aromatic carbocycles. The Morgan fingerprint density at radius 2 is 1.83 bits per heavy atom. The average Bonchev–Trinajstić information content (AvgIpc) is 2.48. The minimum Gasteiger partial charge on any atom is -0.481 e. The molecule has 0 amide bonds. The van der Waals surface area contributed by atoms with Gasteiger partial charge in [-0.25, -0.2) is 0 Å². The fourth-order valence-corrected chi connectivity index (χ4v) is 2.72. The van der Waals surface area contributed by atoms with Crippen LogP contribution in [0.15, 0.2) is 36.4 Å². The Bertz CT molecular complexity index is 704. The van der Waals surface area contributed by atoms with Crippen molar-refractivity contribution in [2.75, 3.05) is 6.54 Å². The largest absolute Gasteiger partial charge is 0.481 e. The summed E-state index contributed by atoms with van der Waals surface area (Å²) >= 11 is 12.4. The molecule has 0 bridgehead atoms. The molecule has 3 nitrogen and oxygen atoms in total. The first-order chi connectivity index (χ1) is 10.4. The van der Waals surface area contributed by atoms with Crippen molar-refractivity contribution < 1.29 is 9.90 Å². The average molecular weight is 375 g/mol. The topological polar surface area (TPSA) is 63.3 Å². The second-order valence-electron chi connectivity index (χ2n) is 5.23. The molecule has 0 aromatic heterocycles. The van der Waals surface area contributed by atoms with Crippen molar-refractivity contribution >= 4 is 41.6 Å². The van der Waals surface area contributed by atoms with Gasteiger partial charge >= 0.3 is 5.97 Å². The standard InChI is InChI=1S/C17H17Cl2NO2.ClH/c1-10-6-12(3-4-15(10)18)14-7-11(2-5-16(14)19)13(9-20)8-17(21)22;/h2-7,13H,8-9,20H2,1H3,(H,21,22);1H/t13-;/m0./s1. The van der Waals surface area contributed by atoms with E-state index < -0.39 is 5.97 Å². The zero-order chi connectivity index (χ0) is 16.3. The normalized spacial score (nSPS) is 11.7. The zero-order valence-corrected chi connectivity index (χ0v) is 14.9. The predicted octanol–water partition coefficient (Wildman–Crippen LogP) is 4.91. The summed E-state index contributed by atoms with van der Waals surface area (Å²) in [6.45, 7) is 2.20. The quantitative estimate of drug-likeness (QED) is 0.781. The van der Waals surface area contributed by atoms with Gasteiger partial charge in [-0.05, 0) is 54.4 Å². The van der Waals surface area contributed by atoms with Gasteiger partial charge in [0.05, 0.1) is 6.42 Å². The SMILES string of the molecule is Cc1cc(-c2cc([C@H](CN)CC(=O)O)ccc2Cl)ccc1Cl.Cl. The van der Waals surface area contributed by atoms with Gasteiger partial charge in [-0.15, -0.1) is 12.4 Å². The number of hydrogen-bond donors (Lipinski definition) is 2. The Kier molecular flexibility index (Phi) is 7.36. The number of hydrogen-bond acceptors (Lipinski definition) is 2. The van der Waals surface area contributed by atoms with E-state index in [0.29, 0.717) is 10.0 Å². The van der Waals surface area contributed by atoms with Gasteiger partial charge in [-0.3, -0.25) is 4.79 Å². The molecule has 3 N–H and O–H groups in total. The Labute approximate surface area is 151 Å². The molecule has 0 saturated carbocycles. The van der Waals surface area contributed by atoms with Crippen LogP contribution in [0.3, 0.4) is 0 Å². The second kappa shape index (κ2) is 8.55. The molecular weight excluding hydrogens is 357 g/mol. The van der Waals surface area contributed by atoms with Crippen LogP contribution in [0.25, 0.3) is 11.1 Å². The highest BCUT2D eigenvalue weighted by atomic mass is 35.5. The van der Waals surface area contributed by atoms with E-state index in [1.54, 1.807) is 6.07 Å². The first kappa shape index (κ1) is 19.8. The Morgan fingerprint density at radius 3 is 2.39 bits per heavy atom. The first-order valence-corrected chi connectivity index (χ1v) is 7.65. The summed E-state index contributed by atoms with van der Waals surface area (Å²) in [6, 6.07) is 11.2. The second-order valence-corrected chi connectivity index (χ2v) is 6.05. The highest BCUT2D eigenvalue weighted by molar-refractivity contribution is 6.33. The van der Waals surface area contributed by atoms with Gasteiger partial charge in [0.2, 0.25) is 0 Å². The summed E-state index contributed by atoms with van der Waals surface area (Å²) in [7, 11) is 0. The van der Waals surface area contributed by atoms with Crippen molar-refractivity contribution in [3.05, 3.63) is 57.6 Å². The predicted molar refractivity (Wildman–Crippen MR) is 97.9 cm³/mol. The van der Waals surface area contributed by atoms with Crippen LogP contribution >= 0.6 is 35.6 Å². The Hall–Kier alpha value is -1.26.